The standard InChI is InChI=1S/C21H16N2O7/c1-2-28-20(24)17-15(11-7-9-12(10-8-11)23(26)27)16-18(30-19(17)22)13-5-3-4-6-14(13)29-21(16)25/h3-10,19H,2,22H2,1H3. The van der Waals surface area contributed by atoms with Crippen LogP contribution in [0.25, 0.3) is 16.5 Å². The summed E-state index contributed by atoms with van der Waals surface area (Å²) >= 11 is 0. The lowest BCUT2D eigenvalue weighted by Crippen LogP contribution is -2.39. The zero-order valence-electron chi connectivity index (χ0n) is 15.8. The summed E-state index contributed by atoms with van der Waals surface area (Å²) < 4.78 is 16.3. The molecule has 2 N–H and O–H groups in total. The molecule has 9 nitrogen and oxygen atoms in total. The number of fused-ring (bicyclic) bond motifs is 3. The van der Waals surface area contributed by atoms with Crippen LogP contribution in [0.15, 0.2) is 63.3 Å². The molecule has 0 saturated heterocycles. The number of nitrogens with zero attached hydrogens (tertiary/aromatic N) is 1. The van der Waals surface area contributed by atoms with Crippen LogP contribution in [0.5, 0.6) is 5.75 Å². The Morgan fingerprint density at radius 1 is 1.20 bits per heavy atom. The molecular weight excluding hydrogens is 392 g/mol. The van der Waals surface area contributed by atoms with Gasteiger partial charge in [-0.1, -0.05) is 12.1 Å². The maximum atomic E-state index is 12.9. The van der Waals surface area contributed by atoms with E-state index in [0.29, 0.717) is 16.5 Å². The highest BCUT2D eigenvalue weighted by Gasteiger charge is 2.36. The van der Waals surface area contributed by atoms with E-state index in [1.165, 1.54) is 24.3 Å². The van der Waals surface area contributed by atoms with Crippen molar-refractivity contribution in [3.63, 3.8) is 0 Å². The van der Waals surface area contributed by atoms with Crippen LogP contribution < -0.4 is 16.1 Å². The van der Waals surface area contributed by atoms with Crippen molar-refractivity contribution in [2.75, 3.05) is 6.61 Å². The van der Waals surface area contributed by atoms with Crippen LogP contribution in [0, 0.1) is 10.1 Å². The first kappa shape index (κ1) is 19.3. The molecule has 0 saturated carbocycles. The molecular formula is C21H16N2O7. The average molecular weight is 408 g/mol. The Kier molecular flexibility index (Phi) is 4.80. The lowest BCUT2D eigenvalue weighted by atomic mass is 9.89. The van der Waals surface area contributed by atoms with Gasteiger partial charge >= 0.3 is 11.6 Å². The number of para-hydroxylation sites is 1. The van der Waals surface area contributed by atoms with Crippen molar-refractivity contribution in [2.45, 2.75) is 13.2 Å². The van der Waals surface area contributed by atoms with Crippen LogP contribution in [0.1, 0.15) is 18.1 Å². The molecule has 4 rings (SSSR count). The van der Waals surface area contributed by atoms with Crippen molar-refractivity contribution in [1.29, 1.82) is 0 Å². The maximum Gasteiger partial charge on any atom is 0.348 e. The fraction of sp³-hybridized carbons (Fsp3) is 0.143. The van der Waals surface area contributed by atoms with Crippen molar-refractivity contribution >= 4 is 28.2 Å². The largest absolute Gasteiger partial charge is 0.469 e. The molecule has 0 fully saturated rings. The number of carbonyl (C=O) groups excluding carboxylic acids is 1. The Hall–Kier alpha value is -3.98. The normalized spacial score (nSPS) is 15.5. The van der Waals surface area contributed by atoms with E-state index in [2.05, 4.69) is 0 Å². The average Bonchev–Trinajstić information content (AvgIpc) is 2.73. The number of benzene rings is 2. The molecule has 0 aliphatic carbocycles. The van der Waals surface area contributed by atoms with Gasteiger partial charge in [0.05, 0.1) is 16.9 Å². The number of carbonyl (C=O) groups is 1. The van der Waals surface area contributed by atoms with E-state index in [0.717, 1.165) is 0 Å². The van der Waals surface area contributed by atoms with Crippen LogP contribution in [-0.4, -0.2) is 23.7 Å². The minimum absolute atomic E-state index is 0.00676. The Morgan fingerprint density at radius 2 is 1.90 bits per heavy atom. The predicted octanol–water partition coefficient (Wildman–Crippen LogP) is 2.74. The van der Waals surface area contributed by atoms with E-state index in [1.54, 1.807) is 31.2 Å². The van der Waals surface area contributed by atoms with E-state index in [9.17, 15) is 19.7 Å². The topological polar surface area (TPSA) is 135 Å². The molecule has 0 radical (unpaired) electrons. The fourth-order valence-electron chi connectivity index (χ4n) is 3.40. The first-order valence-electron chi connectivity index (χ1n) is 9.07. The first-order valence-corrected chi connectivity index (χ1v) is 9.07. The molecule has 1 aromatic heterocycles. The number of nitro benzene ring substituents is 1. The quantitative estimate of drug-likeness (QED) is 0.301. The van der Waals surface area contributed by atoms with Crippen molar-refractivity contribution in [1.82, 2.24) is 0 Å². The molecule has 0 spiro atoms. The molecule has 152 valence electrons. The van der Waals surface area contributed by atoms with Gasteiger partial charge in [-0.05, 0) is 36.8 Å². The van der Waals surface area contributed by atoms with Gasteiger partial charge in [-0.2, -0.15) is 0 Å². The van der Waals surface area contributed by atoms with Gasteiger partial charge in [0.2, 0.25) is 0 Å². The van der Waals surface area contributed by atoms with Gasteiger partial charge in [0.25, 0.3) is 5.69 Å². The number of ether oxygens (including phenoxy) is 2. The molecule has 1 aliphatic heterocycles. The minimum Gasteiger partial charge on any atom is -0.469 e. The molecule has 0 bridgehead atoms. The second-order valence-corrected chi connectivity index (χ2v) is 6.44. The minimum atomic E-state index is -1.22. The van der Waals surface area contributed by atoms with Crippen LogP contribution >= 0.6 is 0 Å². The maximum absolute atomic E-state index is 12.9. The molecule has 9 heteroatoms. The number of nitrogens with two attached hydrogens (primary N) is 1. The van der Waals surface area contributed by atoms with E-state index in [4.69, 9.17) is 19.6 Å². The number of nitro groups is 1. The molecule has 30 heavy (non-hydrogen) atoms. The summed E-state index contributed by atoms with van der Waals surface area (Å²) in [4.78, 5) is 36.0. The lowest BCUT2D eigenvalue weighted by Gasteiger charge is -2.27. The molecule has 2 aromatic carbocycles. The zero-order valence-corrected chi connectivity index (χ0v) is 15.8. The Labute approximate surface area is 169 Å². The third kappa shape index (κ3) is 3.11. The smallest absolute Gasteiger partial charge is 0.348 e. The van der Waals surface area contributed by atoms with Gasteiger partial charge in [0.1, 0.15) is 22.5 Å². The van der Waals surface area contributed by atoms with Gasteiger partial charge in [0, 0.05) is 17.7 Å². The fourth-order valence-corrected chi connectivity index (χ4v) is 3.40. The van der Waals surface area contributed by atoms with Gasteiger partial charge in [-0.25, -0.2) is 9.59 Å². The summed E-state index contributed by atoms with van der Waals surface area (Å²) in [6.07, 6.45) is -1.22. The van der Waals surface area contributed by atoms with Crippen LogP contribution in [0.3, 0.4) is 0 Å². The van der Waals surface area contributed by atoms with Crippen molar-refractivity contribution in [3.8, 4) is 5.75 Å². The monoisotopic (exact) mass is 408 g/mol. The van der Waals surface area contributed by atoms with Crippen LogP contribution in [-0.2, 0) is 9.53 Å². The predicted molar refractivity (Wildman–Crippen MR) is 107 cm³/mol. The SMILES string of the molecule is CCOC(=O)C1=C(c2ccc([N+](=O)[O-])cc2)c2c(c3ccccc3oc2=O)OC1N. The van der Waals surface area contributed by atoms with E-state index in [1.807, 2.05) is 0 Å². The molecule has 0 amide bonds. The first-order chi connectivity index (χ1) is 14.4. The van der Waals surface area contributed by atoms with Crippen molar-refractivity contribution in [2.24, 2.45) is 5.73 Å². The molecule has 1 unspecified atom stereocenters. The molecule has 2 heterocycles. The number of hydrogen-bond acceptors (Lipinski definition) is 8. The van der Waals surface area contributed by atoms with Gasteiger partial charge < -0.3 is 13.9 Å². The third-order valence-electron chi connectivity index (χ3n) is 4.68. The summed E-state index contributed by atoms with van der Waals surface area (Å²) in [5.41, 5.74) is 6.05. The van der Waals surface area contributed by atoms with Crippen LogP contribution in [0.2, 0.25) is 0 Å². The summed E-state index contributed by atoms with van der Waals surface area (Å²) in [7, 11) is 0. The number of non-ortho nitro benzene ring substituents is 1. The highest BCUT2D eigenvalue weighted by molar-refractivity contribution is 6.06. The second-order valence-electron chi connectivity index (χ2n) is 6.44. The van der Waals surface area contributed by atoms with Gasteiger partial charge in [0.15, 0.2) is 6.23 Å². The second kappa shape index (κ2) is 7.45. The van der Waals surface area contributed by atoms with Gasteiger partial charge in [-0.3, -0.25) is 15.8 Å². The lowest BCUT2D eigenvalue weighted by molar-refractivity contribution is -0.384. The number of rotatable bonds is 4. The molecule has 3 aromatic rings. The number of hydrogen-bond donors (Lipinski definition) is 1. The summed E-state index contributed by atoms with van der Waals surface area (Å²) in [6, 6.07) is 12.2. The van der Waals surface area contributed by atoms with Gasteiger partial charge in [-0.15, -0.1) is 0 Å². The third-order valence-corrected chi connectivity index (χ3v) is 4.68. The highest BCUT2D eigenvalue weighted by Crippen LogP contribution is 2.41. The van der Waals surface area contributed by atoms with E-state index >= 15 is 0 Å². The van der Waals surface area contributed by atoms with Crippen LogP contribution in [0.4, 0.5) is 5.69 Å². The highest BCUT2D eigenvalue weighted by atomic mass is 16.6. The van der Waals surface area contributed by atoms with E-state index in [-0.39, 0.29) is 34.8 Å². The summed E-state index contributed by atoms with van der Waals surface area (Å²) in [5, 5.41) is 11.5. The Morgan fingerprint density at radius 3 is 2.57 bits per heavy atom. The van der Waals surface area contributed by atoms with Crippen molar-refractivity contribution < 1.29 is 23.6 Å². The number of esters is 1. The molecule has 1 atom stereocenters. The Balaban J connectivity index is 2.06. The zero-order chi connectivity index (χ0) is 21.4. The van der Waals surface area contributed by atoms with Crippen molar-refractivity contribution in [3.05, 3.63) is 85.8 Å². The summed E-state index contributed by atoms with van der Waals surface area (Å²) in [5.74, 6) is -0.577. The molecule has 1 aliphatic rings. The Bertz CT molecular complexity index is 1260. The van der Waals surface area contributed by atoms with E-state index < -0.39 is 22.7 Å². The summed E-state index contributed by atoms with van der Waals surface area (Å²) in [6.45, 7) is 1.72.